The zero-order valence-corrected chi connectivity index (χ0v) is 15.1. The molecular formula is C20H22N2O5. The average Bonchev–Trinajstić information content (AvgIpc) is 2.92. The van der Waals surface area contributed by atoms with E-state index in [0.717, 1.165) is 16.9 Å². The molecule has 1 aliphatic heterocycles. The number of anilines is 1. The molecule has 1 aromatic rings. The van der Waals surface area contributed by atoms with E-state index in [9.17, 15) is 19.2 Å². The molecule has 3 amide bonds. The largest absolute Gasteiger partial charge is 0.454 e. The summed E-state index contributed by atoms with van der Waals surface area (Å²) in [6.07, 6.45) is 5.69. The van der Waals surface area contributed by atoms with Crippen LogP contribution in [0.5, 0.6) is 0 Å². The van der Waals surface area contributed by atoms with Crippen LogP contribution in [0.3, 0.4) is 0 Å². The molecule has 0 spiro atoms. The summed E-state index contributed by atoms with van der Waals surface area (Å²) in [6, 6.07) is 7.35. The van der Waals surface area contributed by atoms with Crippen molar-refractivity contribution >= 4 is 29.4 Å². The van der Waals surface area contributed by atoms with Crippen LogP contribution in [-0.2, 0) is 30.3 Å². The number of carbonyl (C=O) groups is 4. The number of ether oxygens (including phenoxy) is 1. The molecule has 2 aliphatic rings. The molecule has 0 unspecified atom stereocenters. The number of nitrogens with one attached hydrogen (secondary N) is 1. The van der Waals surface area contributed by atoms with Crippen molar-refractivity contribution in [3.63, 3.8) is 0 Å². The number of imide groups is 1. The Hall–Kier alpha value is -2.96. The molecule has 7 nitrogen and oxygen atoms in total. The fourth-order valence-electron chi connectivity index (χ4n) is 3.37. The maximum atomic E-state index is 12.3. The molecule has 0 aromatic heterocycles. The van der Waals surface area contributed by atoms with Gasteiger partial charge in [-0.1, -0.05) is 31.2 Å². The van der Waals surface area contributed by atoms with E-state index < -0.39 is 25.0 Å². The van der Waals surface area contributed by atoms with Crippen molar-refractivity contribution in [3.05, 3.63) is 42.0 Å². The lowest BCUT2D eigenvalue weighted by atomic mass is 9.85. The Kier molecular flexibility index (Phi) is 5.69. The van der Waals surface area contributed by atoms with Crippen molar-refractivity contribution in [2.75, 3.05) is 18.5 Å². The highest BCUT2D eigenvalue weighted by Crippen LogP contribution is 2.34. The number of fused-ring (bicyclic) bond motifs is 1. The van der Waals surface area contributed by atoms with Crippen molar-refractivity contribution in [2.45, 2.75) is 26.2 Å². The number of likely N-dealkylation sites (tertiary alicyclic amines) is 1. The van der Waals surface area contributed by atoms with E-state index in [1.54, 1.807) is 12.1 Å². The molecule has 7 heteroatoms. The highest BCUT2D eigenvalue weighted by molar-refractivity contribution is 6.07. The van der Waals surface area contributed by atoms with E-state index in [-0.39, 0.29) is 23.7 Å². The third-order valence-corrected chi connectivity index (χ3v) is 4.90. The van der Waals surface area contributed by atoms with Gasteiger partial charge in [0.05, 0.1) is 11.8 Å². The summed E-state index contributed by atoms with van der Waals surface area (Å²) in [4.78, 5) is 49.4. The number of allylic oxidation sites excluding steroid dienone is 2. The van der Waals surface area contributed by atoms with Crippen LogP contribution in [-0.4, -0.2) is 41.7 Å². The van der Waals surface area contributed by atoms with Crippen LogP contribution in [0.15, 0.2) is 36.4 Å². The number of amides is 3. The first kappa shape index (κ1) is 18.8. The molecule has 142 valence electrons. The molecular weight excluding hydrogens is 348 g/mol. The summed E-state index contributed by atoms with van der Waals surface area (Å²) < 4.78 is 4.92. The van der Waals surface area contributed by atoms with Gasteiger partial charge in [0.15, 0.2) is 6.61 Å². The number of aryl methyl sites for hydroxylation is 1. The van der Waals surface area contributed by atoms with Crippen LogP contribution in [0.1, 0.15) is 25.3 Å². The first-order valence-electron chi connectivity index (χ1n) is 9.04. The van der Waals surface area contributed by atoms with Gasteiger partial charge in [-0.15, -0.1) is 0 Å². The van der Waals surface area contributed by atoms with Crippen LogP contribution in [0.2, 0.25) is 0 Å². The SMILES string of the molecule is CCc1ccc(NC(=O)COC(=O)CN2C(=O)[C@@H]3CC=CC[C@H]3C2=O)cc1. The fraction of sp³-hybridized carbons (Fsp3) is 0.400. The van der Waals surface area contributed by atoms with Gasteiger partial charge in [0, 0.05) is 5.69 Å². The summed E-state index contributed by atoms with van der Waals surface area (Å²) in [5.74, 6) is -2.71. The second-order valence-electron chi connectivity index (χ2n) is 6.68. The first-order valence-corrected chi connectivity index (χ1v) is 9.04. The average molecular weight is 370 g/mol. The van der Waals surface area contributed by atoms with Crippen LogP contribution in [0.25, 0.3) is 0 Å². The standard InChI is InChI=1S/C20H22N2O5/c1-2-13-7-9-14(10-8-13)21-17(23)12-27-18(24)11-22-19(25)15-5-3-4-6-16(15)20(22)26/h3-4,7-10,15-16H,2,5-6,11-12H2,1H3,(H,21,23)/t15-,16-/m1/s1. The third kappa shape index (κ3) is 4.24. The van der Waals surface area contributed by atoms with Crippen LogP contribution >= 0.6 is 0 Å². The van der Waals surface area contributed by atoms with E-state index in [1.807, 2.05) is 31.2 Å². The lowest BCUT2D eigenvalue weighted by Gasteiger charge is -2.14. The quantitative estimate of drug-likeness (QED) is 0.467. The van der Waals surface area contributed by atoms with Crippen LogP contribution < -0.4 is 5.32 Å². The number of esters is 1. The second-order valence-corrected chi connectivity index (χ2v) is 6.68. The molecule has 1 saturated heterocycles. The Morgan fingerprint density at radius 1 is 1.07 bits per heavy atom. The third-order valence-electron chi connectivity index (χ3n) is 4.90. The van der Waals surface area contributed by atoms with E-state index in [2.05, 4.69) is 5.32 Å². The highest BCUT2D eigenvalue weighted by atomic mass is 16.5. The van der Waals surface area contributed by atoms with E-state index in [4.69, 9.17) is 4.74 Å². The minimum absolute atomic E-state index is 0.341. The number of nitrogens with zero attached hydrogens (tertiary/aromatic N) is 1. The van der Waals surface area contributed by atoms with Gasteiger partial charge in [0.2, 0.25) is 11.8 Å². The summed E-state index contributed by atoms with van der Waals surface area (Å²) in [6.45, 7) is 1.11. The highest BCUT2D eigenvalue weighted by Gasteiger charge is 2.47. The number of hydrogen-bond donors (Lipinski definition) is 1. The van der Waals surface area contributed by atoms with E-state index in [1.165, 1.54) is 0 Å². The second kappa shape index (κ2) is 8.16. The normalized spacial score (nSPS) is 21.1. The summed E-state index contributed by atoms with van der Waals surface area (Å²) >= 11 is 0. The molecule has 1 heterocycles. The predicted molar refractivity (Wildman–Crippen MR) is 97.5 cm³/mol. The Bertz CT molecular complexity index is 758. The smallest absolute Gasteiger partial charge is 0.326 e. The zero-order chi connectivity index (χ0) is 19.4. The molecule has 1 N–H and O–H groups in total. The van der Waals surface area contributed by atoms with E-state index in [0.29, 0.717) is 18.5 Å². The molecule has 2 atom stereocenters. The molecule has 1 aromatic carbocycles. The van der Waals surface area contributed by atoms with Gasteiger partial charge in [-0.25, -0.2) is 0 Å². The molecule has 1 aliphatic carbocycles. The number of hydrogen-bond acceptors (Lipinski definition) is 5. The van der Waals surface area contributed by atoms with Gasteiger partial charge < -0.3 is 10.1 Å². The van der Waals surface area contributed by atoms with Crippen molar-refractivity contribution < 1.29 is 23.9 Å². The van der Waals surface area contributed by atoms with Crippen molar-refractivity contribution in [3.8, 4) is 0 Å². The zero-order valence-electron chi connectivity index (χ0n) is 15.1. The van der Waals surface area contributed by atoms with Gasteiger partial charge in [-0.05, 0) is 37.0 Å². The van der Waals surface area contributed by atoms with Crippen molar-refractivity contribution in [2.24, 2.45) is 11.8 Å². The molecule has 0 radical (unpaired) electrons. The summed E-state index contributed by atoms with van der Waals surface area (Å²) in [5.41, 5.74) is 1.75. The molecule has 0 bridgehead atoms. The van der Waals surface area contributed by atoms with Gasteiger partial charge in [-0.3, -0.25) is 24.1 Å². The fourth-order valence-corrected chi connectivity index (χ4v) is 3.37. The van der Waals surface area contributed by atoms with Crippen LogP contribution in [0.4, 0.5) is 5.69 Å². The lowest BCUT2D eigenvalue weighted by molar-refractivity contribution is -0.154. The summed E-state index contributed by atoms with van der Waals surface area (Å²) in [5, 5.41) is 2.63. The first-order chi connectivity index (χ1) is 13.0. The van der Waals surface area contributed by atoms with E-state index >= 15 is 0 Å². The molecule has 27 heavy (non-hydrogen) atoms. The Balaban J connectivity index is 1.47. The minimum Gasteiger partial charge on any atom is -0.454 e. The number of carbonyl (C=O) groups excluding carboxylic acids is 4. The monoisotopic (exact) mass is 370 g/mol. The predicted octanol–water partition coefficient (Wildman–Crippen LogP) is 1.68. The molecule has 1 fully saturated rings. The van der Waals surface area contributed by atoms with Crippen molar-refractivity contribution in [1.82, 2.24) is 4.90 Å². The Labute approximate surface area is 157 Å². The summed E-state index contributed by atoms with van der Waals surface area (Å²) in [7, 11) is 0. The minimum atomic E-state index is -0.778. The topological polar surface area (TPSA) is 92.8 Å². The Morgan fingerprint density at radius 3 is 2.22 bits per heavy atom. The Morgan fingerprint density at radius 2 is 1.67 bits per heavy atom. The number of benzene rings is 1. The maximum absolute atomic E-state index is 12.3. The molecule has 3 rings (SSSR count). The van der Waals surface area contributed by atoms with Gasteiger partial charge >= 0.3 is 5.97 Å². The van der Waals surface area contributed by atoms with Crippen molar-refractivity contribution in [1.29, 1.82) is 0 Å². The number of rotatable bonds is 6. The van der Waals surface area contributed by atoms with Crippen LogP contribution in [0, 0.1) is 11.8 Å². The van der Waals surface area contributed by atoms with Gasteiger partial charge in [-0.2, -0.15) is 0 Å². The van der Waals surface area contributed by atoms with Gasteiger partial charge in [0.25, 0.3) is 5.91 Å². The maximum Gasteiger partial charge on any atom is 0.326 e. The lowest BCUT2D eigenvalue weighted by Crippen LogP contribution is -2.37. The van der Waals surface area contributed by atoms with Gasteiger partial charge in [0.1, 0.15) is 6.54 Å². The molecule has 0 saturated carbocycles.